The van der Waals surface area contributed by atoms with Crippen molar-refractivity contribution in [2.45, 2.75) is 64.6 Å². The summed E-state index contributed by atoms with van der Waals surface area (Å²) < 4.78 is 5.15. The van der Waals surface area contributed by atoms with Crippen molar-refractivity contribution < 1.29 is 34.4 Å². The number of nitrogens with one attached hydrogen (secondary N) is 2. The second kappa shape index (κ2) is 13.6. The minimum atomic E-state index is -1.42. The molecule has 5 N–H and O–H groups in total. The molecule has 0 bridgehead atoms. The van der Waals surface area contributed by atoms with Crippen molar-refractivity contribution in [2.24, 2.45) is 0 Å². The van der Waals surface area contributed by atoms with Crippen LogP contribution in [0.5, 0.6) is 5.75 Å². The number of phenolic OH excluding ortho intramolecular Hbond substituents is 1. The molecule has 2 unspecified atom stereocenters. The molecule has 3 amide bonds. The van der Waals surface area contributed by atoms with E-state index in [1.807, 2.05) is 6.92 Å². The Morgan fingerprint density at radius 3 is 2.33 bits per heavy atom. The molecule has 0 aliphatic heterocycles. The molecule has 0 saturated heterocycles. The molecule has 0 aliphatic carbocycles. The Balaban J connectivity index is 3.25. The van der Waals surface area contributed by atoms with Gasteiger partial charge in [0, 0.05) is 18.7 Å². The van der Waals surface area contributed by atoms with Gasteiger partial charge >= 0.3 is 6.09 Å². The molecule has 1 aromatic rings. The Hall–Kier alpha value is -2.85. The van der Waals surface area contributed by atoms with E-state index in [4.69, 9.17) is 4.74 Å². The first-order chi connectivity index (χ1) is 15.6. The Morgan fingerprint density at radius 2 is 1.79 bits per heavy atom. The average molecular weight is 468 g/mol. The van der Waals surface area contributed by atoms with E-state index in [-0.39, 0.29) is 17.9 Å². The molecule has 10 heteroatoms. The van der Waals surface area contributed by atoms with Crippen molar-refractivity contribution in [1.82, 2.24) is 15.5 Å². The molecule has 1 rings (SSSR count). The number of aliphatic hydroxyl groups excluding tert-OH is 2. The van der Waals surface area contributed by atoms with Crippen molar-refractivity contribution in [3.63, 3.8) is 0 Å². The number of amides is 3. The zero-order chi connectivity index (χ0) is 25.0. The summed E-state index contributed by atoms with van der Waals surface area (Å²) in [5, 5.41) is 34.8. The number of nitrogens with zero attached hydrogens (tertiary/aromatic N) is 1. The predicted octanol–water partition coefficient (Wildman–Crippen LogP) is 1.45. The number of hydrogen-bond acceptors (Lipinski definition) is 7. The summed E-state index contributed by atoms with van der Waals surface area (Å²) in [5.41, 5.74) is -0.671. The fraction of sp³-hybridized carbons (Fsp3) is 0.609. The SMILES string of the molecule is CCCCCNC(=O)C(c1ccccc1O)N(CCO)C(=O)C(CO)NC(=O)OC(C)(C)C. The Kier molecular flexibility index (Phi) is 11.7. The first-order valence-corrected chi connectivity index (χ1v) is 11.1. The van der Waals surface area contributed by atoms with Crippen LogP contribution in [0.15, 0.2) is 24.3 Å². The lowest BCUT2D eigenvalue weighted by atomic mass is 10.0. The monoisotopic (exact) mass is 467 g/mol. The number of para-hydroxylation sites is 1. The molecule has 186 valence electrons. The minimum absolute atomic E-state index is 0.154. The van der Waals surface area contributed by atoms with E-state index in [0.29, 0.717) is 6.54 Å². The van der Waals surface area contributed by atoms with Crippen molar-refractivity contribution >= 4 is 17.9 Å². The van der Waals surface area contributed by atoms with E-state index in [0.717, 1.165) is 24.2 Å². The van der Waals surface area contributed by atoms with Crippen LogP contribution in [-0.4, -0.2) is 76.1 Å². The van der Waals surface area contributed by atoms with Crippen LogP contribution in [0, 0.1) is 0 Å². The van der Waals surface area contributed by atoms with Gasteiger partial charge in [-0.2, -0.15) is 0 Å². The molecular weight excluding hydrogens is 430 g/mol. The molecule has 1 aromatic carbocycles. The second-order valence-electron chi connectivity index (χ2n) is 8.60. The van der Waals surface area contributed by atoms with E-state index in [9.17, 15) is 29.7 Å². The Labute approximate surface area is 194 Å². The van der Waals surface area contributed by atoms with Gasteiger partial charge in [0.15, 0.2) is 0 Å². The Bertz CT molecular complexity index is 780. The van der Waals surface area contributed by atoms with Crippen LogP contribution in [0.4, 0.5) is 4.79 Å². The number of carbonyl (C=O) groups is 3. The zero-order valence-electron chi connectivity index (χ0n) is 19.8. The summed E-state index contributed by atoms with van der Waals surface area (Å²) in [6, 6.07) is 3.36. The normalized spacial score (nSPS) is 13.0. The number of aromatic hydroxyl groups is 1. The maximum atomic E-state index is 13.3. The summed E-state index contributed by atoms with van der Waals surface area (Å²) in [6.45, 7) is 5.84. The van der Waals surface area contributed by atoms with Crippen LogP contribution < -0.4 is 10.6 Å². The number of ether oxygens (including phenoxy) is 1. The third-order valence-electron chi connectivity index (χ3n) is 4.67. The maximum absolute atomic E-state index is 13.3. The van der Waals surface area contributed by atoms with Gasteiger partial charge < -0.3 is 35.6 Å². The van der Waals surface area contributed by atoms with Gasteiger partial charge in [-0.05, 0) is 33.3 Å². The van der Waals surface area contributed by atoms with Crippen molar-refractivity contribution in [3.8, 4) is 5.75 Å². The van der Waals surface area contributed by atoms with Gasteiger partial charge in [0.25, 0.3) is 0 Å². The van der Waals surface area contributed by atoms with Crippen LogP contribution in [0.3, 0.4) is 0 Å². The van der Waals surface area contributed by atoms with Gasteiger partial charge in [0.1, 0.15) is 23.4 Å². The molecule has 0 saturated carbocycles. The molecule has 0 radical (unpaired) electrons. The summed E-state index contributed by atoms with van der Waals surface area (Å²) in [4.78, 5) is 39.6. The lowest BCUT2D eigenvalue weighted by Gasteiger charge is -2.33. The fourth-order valence-electron chi connectivity index (χ4n) is 3.16. The first kappa shape index (κ1) is 28.2. The first-order valence-electron chi connectivity index (χ1n) is 11.1. The van der Waals surface area contributed by atoms with Gasteiger partial charge in [-0.15, -0.1) is 0 Å². The Morgan fingerprint density at radius 1 is 1.12 bits per heavy atom. The summed E-state index contributed by atoms with van der Waals surface area (Å²) in [5.74, 6) is -1.57. The van der Waals surface area contributed by atoms with Crippen LogP contribution in [0.25, 0.3) is 0 Å². The number of carbonyl (C=O) groups excluding carboxylic acids is 3. The highest BCUT2D eigenvalue weighted by Gasteiger charge is 2.36. The van der Waals surface area contributed by atoms with Crippen LogP contribution >= 0.6 is 0 Å². The lowest BCUT2D eigenvalue weighted by Crippen LogP contribution is -2.55. The van der Waals surface area contributed by atoms with E-state index in [1.165, 1.54) is 12.1 Å². The van der Waals surface area contributed by atoms with Crippen LogP contribution in [0.1, 0.15) is 58.6 Å². The van der Waals surface area contributed by atoms with Crippen molar-refractivity contribution in [1.29, 1.82) is 0 Å². The molecule has 0 spiro atoms. The number of benzene rings is 1. The highest BCUT2D eigenvalue weighted by molar-refractivity contribution is 5.92. The van der Waals surface area contributed by atoms with E-state index < -0.39 is 48.8 Å². The lowest BCUT2D eigenvalue weighted by molar-refractivity contribution is -0.143. The van der Waals surface area contributed by atoms with E-state index in [2.05, 4.69) is 10.6 Å². The second-order valence-corrected chi connectivity index (χ2v) is 8.60. The fourth-order valence-corrected chi connectivity index (χ4v) is 3.16. The highest BCUT2D eigenvalue weighted by atomic mass is 16.6. The predicted molar refractivity (Wildman–Crippen MR) is 122 cm³/mol. The molecule has 0 aromatic heterocycles. The van der Waals surface area contributed by atoms with Gasteiger partial charge in [-0.1, -0.05) is 38.0 Å². The quantitative estimate of drug-likeness (QED) is 0.292. The third kappa shape index (κ3) is 9.27. The average Bonchev–Trinajstić information content (AvgIpc) is 2.74. The number of phenols is 1. The van der Waals surface area contributed by atoms with Crippen molar-refractivity contribution in [2.75, 3.05) is 26.3 Å². The number of unbranched alkanes of at least 4 members (excludes halogenated alkanes) is 2. The summed E-state index contributed by atoms with van der Waals surface area (Å²) in [6.07, 6.45) is 1.70. The molecule has 0 heterocycles. The van der Waals surface area contributed by atoms with Crippen LogP contribution in [0.2, 0.25) is 0 Å². The van der Waals surface area contributed by atoms with Crippen molar-refractivity contribution in [3.05, 3.63) is 29.8 Å². The molecular formula is C23H37N3O7. The molecule has 0 aliphatic rings. The van der Waals surface area contributed by atoms with Gasteiger partial charge in [-0.3, -0.25) is 9.59 Å². The minimum Gasteiger partial charge on any atom is -0.508 e. The smallest absolute Gasteiger partial charge is 0.408 e. The number of hydrogen-bond donors (Lipinski definition) is 5. The van der Waals surface area contributed by atoms with Gasteiger partial charge in [0.05, 0.1) is 13.2 Å². The third-order valence-corrected chi connectivity index (χ3v) is 4.67. The highest BCUT2D eigenvalue weighted by Crippen LogP contribution is 2.29. The van der Waals surface area contributed by atoms with Gasteiger partial charge in [0.2, 0.25) is 11.8 Å². The number of alkyl carbamates (subject to hydrolysis) is 1. The van der Waals surface area contributed by atoms with Gasteiger partial charge in [-0.25, -0.2) is 4.79 Å². The maximum Gasteiger partial charge on any atom is 0.408 e. The topological polar surface area (TPSA) is 148 Å². The number of aliphatic hydroxyl groups is 2. The molecule has 0 fully saturated rings. The largest absolute Gasteiger partial charge is 0.508 e. The zero-order valence-corrected chi connectivity index (χ0v) is 19.8. The van der Waals surface area contributed by atoms with Crippen LogP contribution in [-0.2, 0) is 14.3 Å². The molecule has 33 heavy (non-hydrogen) atoms. The van der Waals surface area contributed by atoms with E-state index >= 15 is 0 Å². The standard InChI is InChI=1S/C23H37N3O7/c1-5-6-9-12-24-20(30)19(16-10-7-8-11-18(16)29)26(13-14-27)21(31)17(15-28)25-22(32)33-23(2,3)4/h7-8,10-11,17,19,27-29H,5-6,9,12-15H2,1-4H3,(H,24,30)(H,25,32). The summed E-state index contributed by atoms with van der Waals surface area (Å²) >= 11 is 0. The molecule has 2 atom stereocenters. The summed E-state index contributed by atoms with van der Waals surface area (Å²) in [7, 11) is 0. The van der Waals surface area contributed by atoms with E-state index in [1.54, 1.807) is 32.9 Å². The number of rotatable bonds is 12. The molecule has 10 nitrogen and oxygen atoms in total.